The van der Waals surface area contributed by atoms with E-state index < -0.39 is 21.7 Å². The van der Waals surface area contributed by atoms with Crippen LogP contribution in [0.15, 0.2) is 66.0 Å². The number of benzene rings is 2. The van der Waals surface area contributed by atoms with Crippen LogP contribution in [0.25, 0.3) is 0 Å². The molecule has 0 saturated carbocycles. The molecule has 12 heteroatoms. The lowest BCUT2D eigenvalue weighted by Gasteiger charge is -2.19. The van der Waals surface area contributed by atoms with Crippen LogP contribution in [-0.4, -0.2) is 50.3 Å². The fraction of sp³-hybridized carbons (Fsp3) is 0.414. The number of nitrogens with zero attached hydrogens (tertiary/aromatic N) is 2. The molecule has 0 spiro atoms. The van der Waals surface area contributed by atoms with Gasteiger partial charge in [-0.3, -0.25) is 4.84 Å². The van der Waals surface area contributed by atoms with Gasteiger partial charge < -0.3 is 14.2 Å². The first-order valence-electron chi connectivity index (χ1n) is 13.3. The maximum absolute atomic E-state index is 12.0. The van der Waals surface area contributed by atoms with Gasteiger partial charge in [0.05, 0.1) is 18.9 Å². The molecule has 1 heterocycles. The predicted octanol–water partition coefficient (Wildman–Crippen LogP) is 4.54. The van der Waals surface area contributed by atoms with Crippen molar-refractivity contribution in [1.82, 2.24) is 20.2 Å². The Bertz CT molecular complexity index is 1390. The minimum Gasteiger partial charge on any atom is -0.493 e. The van der Waals surface area contributed by atoms with E-state index in [0.29, 0.717) is 30.9 Å². The van der Waals surface area contributed by atoms with Crippen LogP contribution in [-0.2, 0) is 32.6 Å². The molecule has 2 aromatic carbocycles. The van der Waals surface area contributed by atoms with E-state index in [1.54, 1.807) is 26.8 Å². The smallest absolute Gasteiger partial charge is 0.431 e. The highest BCUT2D eigenvalue weighted by atomic mass is 32.2. The average molecular weight is 587 g/mol. The van der Waals surface area contributed by atoms with Crippen molar-refractivity contribution in [2.75, 3.05) is 20.3 Å². The maximum atomic E-state index is 12.0. The van der Waals surface area contributed by atoms with E-state index in [4.69, 9.17) is 19.0 Å². The molecule has 3 aromatic rings. The number of ether oxygens (including phenoxy) is 3. The van der Waals surface area contributed by atoms with Crippen molar-refractivity contribution >= 4 is 16.1 Å². The highest BCUT2D eigenvalue weighted by Crippen LogP contribution is 2.28. The van der Waals surface area contributed by atoms with E-state index in [9.17, 15) is 13.2 Å². The number of para-hydroxylation sites is 1. The maximum Gasteiger partial charge on any atom is 0.431 e. The zero-order valence-electron chi connectivity index (χ0n) is 24.0. The Balaban J connectivity index is 1.51. The summed E-state index contributed by atoms with van der Waals surface area (Å²) >= 11 is 0. The van der Waals surface area contributed by atoms with E-state index in [1.807, 2.05) is 42.5 Å². The molecule has 0 aliphatic heterocycles. The molecule has 0 aliphatic carbocycles. The molecule has 0 bridgehead atoms. The van der Waals surface area contributed by atoms with E-state index >= 15 is 0 Å². The summed E-state index contributed by atoms with van der Waals surface area (Å²) in [5.41, 5.74) is 4.24. The Labute approximate surface area is 241 Å². The Hall–Kier alpha value is -3.74. The van der Waals surface area contributed by atoms with E-state index in [1.165, 1.54) is 13.2 Å². The number of nitrogens with one attached hydrogen (secondary N) is 2. The number of rotatable bonds is 14. The van der Waals surface area contributed by atoms with Crippen molar-refractivity contribution in [2.24, 2.45) is 0 Å². The first kappa shape index (κ1) is 31.8. The lowest BCUT2D eigenvalue weighted by Crippen LogP contribution is -2.32. The van der Waals surface area contributed by atoms with Crippen LogP contribution in [0, 0.1) is 0 Å². The summed E-state index contributed by atoms with van der Waals surface area (Å²) in [6.07, 6.45) is 2.06. The van der Waals surface area contributed by atoms with E-state index in [0.717, 1.165) is 16.9 Å². The monoisotopic (exact) mass is 586 g/mol. The fourth-order valence-electron chi connectivity index (χ4n) is 3.73. The minimum absolute atomic E-state index is 0.0977. The second kappa shape index (κ2) is 14.8. The highest BCUT2D eigenvalue weighted by molar-refractivity contribution is 7.89. The van der Waals surface area contributed by atoms with Gasteiger partial charge in [-0.15, -0.1) is 0 Å². The van der Waals surface area contributed by atoms with E-state index in [2.05, 4.69) is 33.2 Å². The standard InChI is InChI=1S/C29H38N4O7S/c1-21(22-11-8-12-25(19-22)37-16-9-17-39-33-28(34)40-29(2,3)4)18-23-10-6-7-13-26(23)38-20-24-14-15-31-27(32-24)41(35,36)30-5/h6-8,10-15,19,21,30H,9,16-18,20H2,1-5H3,(H,33,34). The zero-order chi connectivity index (χ0) is 29.9. The normalized spacial score (nSPS) is 12.4. The summed E-state index contributed by atoms with van der Waals surface area (Å²) in [5, 5.41) is -0.296. The van der Waals surface area contributed by atoms with Gasteiger partial charge in [0.2, 0.25) is 0 Å². The van der Waals surface area contributed by atoms with Crippen molar-refractivity contribution in [2.45, 2.75) is 63.8 Å². The van der Waals surface area contributed by atoms with Gasteiger partial charge in [0.1, 0.15) is 23.7 Å². The van der Waals surface area contributed by atoms with E-state index in [-0.39, 0.29) is 24.3 Å². The molecule has 0 aliphatic rings. The van der Waals surface area contributed by atoms with Gasteiger partial charge in [0.25, 0.3) is 15.2 Å². The molecule has 1 unspecified atom stereocenters. The zero-order valence-corrected chi connectivity index (χ0v) is 24.9. The topological polar surface area (TPSA) is 138 Å². The van der Waals surface area contributed by atoms with Gasteiger partial charge in [0, 0.05) is 12.6 Å². The summed E-state index contributed by atoms with van der Waals surface area (Å²) in [5.74, 6) is 1.61. The number of hydroxylamine groups is 1. The van der Waals surface area contributed by atoms with Crippen molar-refractivity contribution in [1.29, 1.82) is 0 Å². The molecule has 3 rings (SSSR count). The number of carbonyl (C=O) groups is 1. The molecule has 41 heavy (non-hydrogen) atoms. The first-order chi connectivity index (χ1) is 19.5. The number of carbonyl (C=O) groups excluding carboxylic acids is 1. The fourth-order valence-corrected chi connectivity index (χ4v) is 4.35. The molecule has 2 N–H and O–H groups in total. The second-order valence-electron chi connectivity index (χ2n) is 10.3. The third-order valence-electron chi connectivity index (χ3n) is 5.72. The summed E-state index contributed by atoms with van der Waals surface area (Å²) in [4.78, 5) is 24.7. The third-order valence-corrected chi connectivity index (χ3v) is 6.93. The molecule has 1 atom stereocenters. The largest absolute Gasteiger partial charge is 0.493 e. The summed E-state index contributed by atoms with van der Waals surface area (Å²) in [7, 11) is -2.43. The third kappa shape index (κ3) is 10.6. The van der Waals surface area contributed by atoms with Crippen LogP contribution in [0.5, 0.6) is 11.5 Å². The number of aromatic nitrogens is 2. The minimum atomic E-state index is -3.74. The van der Waals surface area contributed by atoms with Crippen LogP contribution in [0.4, 0.5) is 4.79 Å². The van der Waals surface area contributed by atoms with Crippen LogP contribution in [0.3, 0.4) is 0 Å². The van der Waals surface area contributed by atoms with Gasteiger partial charge in [-0.25, -0.2) is 27.9 Å². The Morgan fingerprint density at radius 1 is 1.02 bits per heavy atom. The average Bonchev–Trinajstić information content (AvgIpc) is 2.93. The summed E-state index contributed by atoms with van der Waals surface area (Å²) in [6.45, 7) is 8.27. The number of amides is 1. The molecular weight excluding hydrogens is 548 g/mol. The molecule has 222 valence electrons. The first-order valence-corrected chi connectivity index (χ1v) is 14.7. The second-order valence-corrected chi connectivity index (χ2v) is 12.0. The van der Waals surface area contributed by atoms with Gasteiger partial charge in [0.15, 0.2) is 0 Å². The Kier molecular flexibility index (Phi) is 11.4. The number of sulfonamides is 1. The van der Waals surface area contributed by atoms with Crippen LogP contribution in [0.1, 0.15) is 56.9 Å². The van der Waals surface area contributed by atoms with Crippen molar-refractivity contribution in [3.05, 3.63) is 77.6 Å². The Morgan fingerprint density at radius 2 is 1.80 bits per heavy atom. The molecule has 11 nitrogen and oxygen atoms in total. The van der Waals surface area contributed by atoms with Crippen LogP contribution in [0.2, 0.25) is 0 Å². The molecule has 0 radical (unpaired) electrons. The van der Waals surface area contributed by atoms with Crippen molar-refractivity contribution in [3.8, 4) is 11.5 Å². The quantitative estimate of drug-likeness (QED) is 0.158. The molecule has 1 amide bonds. The lowest BCUT2D eigenvalue weighted by atomic mass is 9.93. The van der Waals surface area contributed by atoms with Crippen molar-refractivity contribution < 1.29 is 32.3 Å². The highest BCUT2D eigenvalue weighted by Gasteiger charge is 2.17. The predicted molar refractivity (Wildman–Crippen MR) is 153 cm³/mol. The van der Waals surface area contributed by atoms with Crippen molar-refractivity contribution in [3.63, 3.8) is 0 Å². The molecule has 1 aromatic heterocycles. The van der Waals surface area contributed by atoms with Gasteiger partial charge >= 0.3 is 6.09 Å². The SMILES string of the molecule is CNS(=O)(=O)c1nccc(COc2ccccc2CC(C)c2cccc(OCCCONC(=O)OC(C)(C)C)c2)n1. The molecule has 0 saturated heterocycles. The van der Waals surface area contributed by atoms with Gasteiger partial charge in [-0.2, -0.15) is 5.48 Å². The van der Waals surface area contributed by atoms with Crippen LogP contribution >= 0.6 is 0 Å². The van der Waals surface area contributed by atoms with Crippen LogP contribution < -0.4 is 19.7 Å². The molecule has 0 fully saturated rings. The Morgan fingerprint density at radius 3 is 2.56 bits per heavy atom. The summed E-state index contributed by atoms with van der Waals surface area (Å²) in [6, 6.07) is 17.3. The number of hydrogen-bond donors (Lipinski definition) is 2. The summed E-state index contributed by atoms with van der Waals surface area (Å²) < 4.78 is 43.3. The van der Waals surface area contributed by atoms with Gasteiger partial charge in [-0.05, 0) is 75.5 Å². The van der Waals surface area contributed by atoms with Gasteiger partial charge in [-0.1, -0.05) is 37.3 Å². The lowest BCUT2D eigenvalue weighted by molar-refractivity contribution is -0.0101. The molecular formula is C29H38N4O7S. The number of hydrogen-bond acceptors (Lipinski definition) is 9.